The number of esters is 5. The molecule has 21 nitrogen and oxygen atoms in total. The number of phenols is 3. The lowest BCUT2D eigenvalue weighted by atomic mass is 9.81. The van der Waals surface area contributed by atoms with E-state index in [-0.39, 0.29) is 18.6 Å². The van der Waals surface area contributed by atoms with Gasteiger partial charge in [0.15, 0.2) is 41.3 Å². The van der Waals surface area contributed by atoms with E-state index < -0.39 is 156 Å². The molecule has 0 spiro atoms. The van der Waals surface area contributed by atoms with Crippen molar-refractivity contribution < 1.29 is 102 Å². The first-order valence-electron chi connectivity index (χ1n) is 19.4. The Balaban J connectivity index is 1.39. The topological polar surface area (TPSA) is 310 Å². The van der Waals surface area contributed by atoms with E-state index in [1.165, 1.54) is 18.2 Å². The largest absolute Gasteiger partial charge is 0.504 e. The van der Waals surface area contributed by atoms with E-state index >= 15 is 0 Å². The van der Waals surface area contributed by atoms with Crippen molar-refractivity contribution in [1.29, 1.82) is 0 Å². The molecule has 7 N–H and O–H groups in total. The van der Waals surface area contributed by atoms with Gasteiger partial charge in [-0.05, 0) is 37.1 Å². The van der Waals surface area contributed by atoms with E-state index in [1.54, 1.807) is 0 Å². The molecule has 3 fully saturated rings. The number of rotatable bonds is 13. The number of aliphatic hydroxyl groups excluding tert-OH is 4. The van der Waals surface area contributed by atoms with Crippen molar-refractivity contribution in [3.63, 3.8) is 0 Å². The van der Waals surface area contributed by atoms with Crippen molar-refractivity contribution in [3.05, 3.63) is 72.0 Å². The zero-order valence-corrected chi connectivity index (χ0v) is 33.2. The fourth-order valence-electron chi connectivity index (χ4n) is 7.68. The van der Waals surface area contributed by atoms with Crippen LogP contribution in [0.5, 0.6) is 23.0 Å². The molecule has 2 saturated heterocycles. The summed E-state index contributed by atoms with van der Waals surface area (Å²) >= 11 is 0. The number of hydrogen-bond acceptors (Lipinski definition) is 21. The third kappa shape index (κ3) is 9.57. The van der Waals surface area contributed by atoms with E-state index in [0.717, 1.165) is 44.4 Å². The number of phenolic OH excluding ortho intramolecular Hbond substituents is 3. The first-order valence-corrected chi connectivity index (χ1v) is 19.4. The highest BCUT2D eigenvalue weighted by Crippen LogP contribution is 2.41. The van der Waals surface area contributed by atoms with Gasteiger partial charge in [0.1, 0.15) is 42.1 Å². The van der Waals surface area contributed by atoms with Gasteiger partial charge < -0.3 is 78.4 Å². The van der Waals surface area contributed by atoms with Crippen LogP contribution in [0.3, 0.4) is 0 Å². The summed E-state index contributed by atoms with van der Waals surface area (Å²) < 4.78 is 51.8. The molecule has 21 heteroatoms. The van der Waals surface area contributed by atoms with Gasteiger partial charge >= 0.3 is 29.8 Å². The van der Waals surface area contributed by atoms with Gasteiger partial charge in [-0.1, -0.05) is 18.2 Å². The van der Waals surface area contributed by atoms with E-state index in [1.807, 2.05) is 0 Å². The van der Waals surface area contributed by atoms with E-state index in [4.69, 9.17) is 42.6 Å². The van der Waals surface area contributed by atoms with Gasteiger partial charge in [-0.25, -0.2) is 14.4 Å². The van der Waals surface area contributed by atoms with Crippen molar-refractivity contribution in [1.82, 2.24) is 0 Å². The second-order valence-electron chi connectivity index (χ2n) is 14.9. The third-order valence-corrected chi connectivity index (χ3v) is 10.8. The van der Waals surface area contributed by atoms with Gasteiger partial charge in [-0.15, -0.1) is 6.58 Å². The van der Waals surface area contributed by atoms with Crippen molar-refractivity contribution >= 4 is 29.8 Å². The number of benzene rings is 2. The molecule has 2 aromatic rings. The van der Waals surface area contributed by atoms with Gasteiger partial charge in [0.25, 0.3) is 0 Å². The molecule has 0 radical (unpaired) electrons. The molecule has 2 aromatic carbocycles. The summed E-state index contributed by atoms with van der Waals surface area (Å²) in [5, 5.41) is 72.8. The molecular weight excluding hydrogens is 828 g/mol. The Morgan fingerprint density at radius 2 is 1.52 bits per heavy atom. The smallest absolute Gasteiger partial charge is 0.342 e. The Labute approximate surface area is 352 Å². The minimum absolute atomic E-state index is 0.0684. The molecule has 0 amide bonds. The molecule has 13 atom stereocenters. The molecule has 0 aromatic heterocycles. The summed E-state index contributed by atoms with van der Waals surface area (Å²) in [4.78, 5) is 65.6. The van der Waals surface area contributed by atoms with Gasteiger partial charge in [-0.3, -0.25) is 9.59 Å². The molecule has 13 unspecified atom stereocenters. The summed E-state index contributed by atoms with van der Waals surface area (Å²) in [6.07, 6.45) is -14.3. The van der Waals surface area contributed by atoms with E-state index in [2.05, 4.69) is 6.58 Å². The van der Waals surface area contributed by atoms with Gasteiger partial charge in [-0.2, -0.15) is 0 Å². The highest BCUT2D eigenvalue weighted by Gasteiger charge is 2.55. The van der Waals surface area contributed by atoms with E-state index in [0.29, 0.717) is 6.42 Å². The summed E-state index contributed by atoms with van der Waals surface area (Å²) in [6, 6.07) is 6.89. The van der Waals surface area contributed by atoms with Crippen molar-refractivity contribution in [3.8, 4) is 23.0 Å². The fourth-order valence-corrected chi connectivity index (χ4v) is 7.68. The SMILES string of the molecule is C=CC1C(OC2OC(COC(C)=O)C(OC(=O)c3cccc(O)c3OC3CC(CO)C(O)C(O)C3O)C(OC(C)=O)C2OC(=O)c2cccc(O)c2O)OC=C2C(=O)OCCC21. The van der Waals surface area contributed by atoms with Crippen molar-refractivity contribution in [2.24, 2.45) is 17.8 Å². The molecule has 0 bridgehead atoms. The number of cyclic esters (lactones) is 1. The Morgan fingerprint density at radius 3 is 2.19 bits per heavy atom. The second-order valence-corrected chi connectivity index (χ2v) is 14.9. The number of para-hydroxylation sites is 2. The van der Waals surface area contributed by atoms with Crippen LogP contribution in [0.15, 0.2) is 60.9 Å². The van der Waals surface area contributed by atoms with Crippen LogP contribution in [0.1, 0.15) is 47.4 Å². The minimum atomic E-state index is -1.95. The summed E-state index contributed by atoms with van der Waals surface area (Å²) in [5.74, 6) is -10.2. The molecule has 1 aliphatic carbocycles. The quantitative estimate of drug-likeness (QED) is 0.0613. The van der Waals surface area contributed by atoms with Crippen LogP contribution in [0.4, 0.5) is 0 Å². The zero-order valence-electron chi connectivity index (χ0n) is 33.2. The fraction of sp³-hybridized carbons (Fsp3) is 0.488. The highest BCUT2D eigenvalue weighted by molar-refractivity contribution is 5.94. The summed E-state index contributed by atoms with van der Waals surface area (Å²) in [6.45, 7) is 4.63. The Hall–Kier alpha value is -5.97. The Bertz CT molecular complexity index is 2050. The highest BCUT2D eigenvalue weighted by atomic mass is 16.8. The minimum Gasteiger partial charge on any atom is -0.504 e. The molecule has 3 aliphatic heterocycles. The van der Waals surface area contributed by atoms with E-state index in [9.17, 15) is 59.7 Å². The lowest BCUT2D eigenvalue weighted by Crippen LogP contribution is -2.64. The molecule has 336 valence electrons. The molecule has 3 heterocycles. The van der Waals surface area contributed by atoms with Crippen molar-refractivity contribution in [2.75, 3.05) is 19.8 Å². The summed E-state index contributed by atoms with van der Waals surface area (Å²) in [7, 11) is 0. The average Bonchev–Trinajstić information content (AvgIpc) is 3.23. The van der Waals surface area contributed by atoms with Crippen LogP contribution in [0.2, 0.25) is 0 Å². The first-order chi connectivity index (χ1) is 29.5. The number of ether oxygens (including phenoxy) is 9. The predicted octanol–water partition coefficient (Wildman–Crippen LogP) is 0.239. The van der Waals surface area contributed by atoms with Crippen molar-refractivity contribution in [2.45, 2.75) is 88.1 Å². The third-order valence-electron chi connectivity index (χ3n) is 10.8. The Morgan fingerprint density at radius 1 is 0.839 bits per heavy atom. The number of aliphatic hydroxyl groups is 4. The number of fused-ring (bicyclic) bond motifs is 1. The lowest BCUT2D eigenvalue weighted by Gasteiger charge is -2.46. The molecule has 6 rings (SSSR count). The molecule has 1 saturated carbocycles. The van der Waals surface area contributed by atoms with Crippen LogP contribution in [0, 0.1) is 17.8 Å². The second kappa shape index (κ2) is 19.4. The van der Waals surface area contributed by atoms with Crippen LogP contribution in [-0.4, -0.2) is 147 Å². The van der Waals surface area contributed by atoms with Crippen LogP contribution in [0.25, 0.3) is 0 Å². The Kier molecular flexibility index (Phi) is 14.2. The summed E-state index contributed by atoms with van der Waals surface area (Å²) in [5.41, 5.74) is -0.888. The number of hydrogen-bond donors (Lipinski definition) is 7. The molecular formula is C41H46O21. The normalized spacial score (nSPS) is 31.7. The number of aromatic hydroxyl groups is 3. The predicted molar refractivity (Wildman–Crippen MR) is 202 cm³/mol. The van der Waals surface area contributed by atoms with Gasteiger partial charge in [0.2, 0.25) is 12.6 Å². The molecule has 62 heavy (non-hydrogen) atoms. The molecule has 4 aliphatic rings. The lowest BCUT2D eigenvalue weighted by molar-refractivity contribution is -0.338. The van der Waals surface area contributed by atoms with Crippen LogP contribution >= 0.6 is 0 Å². The van der Waals surface area contributed by atoms with Crippen LogP contribution < -0.4 is 4.74 Å². The average molecular weight is 875 g/mol. The standard InChI is InChI=1S/C41H46O21/c1-4-20-21-11-12-54-37(51)24(21)15-56-40(20)62-41-36(61-38(52)22-7-5-9-25(45)30(22)48)35(57-18(3)44)34(28(59-41)16-55-17(2)43)60-39(53)23-8-6-10-26(46)33(23)58-27-13-19(14-42)29(47)32(50)31(27)49/h4-10,15,19-21,27-29,31-32,34-36,40-42,45-50H,1,11-14,16H2,2-3H3. The van der Waals surface area contributed by atoms with Gasteiger partial charge in [0, 0.05) is 38.2 Å². The van der Waals surface area contributed by atoms with Crippen LogP contribution in [-0.2, 0) is 52.3 Å². The maximum Gasteiger partial charge on any atom is 0.342 e. The monoisotopic (exact) mass is 874 g/mol. The maximum atomic E-state index is 14.3. The zero-order chi connectivity index (χ0) is 45.0. The number of carbonyl (C=O) groups is 5. The maximum absolute atomic E-state index is 14.3. The van der Waals surface area contributed by atoms with Gasteiger partial charge in [0.05, 0.1) is 24.5 Å². The number of carbonyl (C=O) groups excluding carboxylic acids is 5. The first kappa shape index (κ1) is 45.6.